The van der Waals surface area contributed by atoms with Gasteiger partial charge in [0.1, 0.15) is 5.75 Å². The number of likely N-dealkylation sites (tertiary alicyclic amines) is 1. The van der Waals surface area contributed by atoms with E-state index in [9.17, 15) is 4.79 Å². The van der Waals surface area contributed by atoms with E-state index in [0.717, 1.165) is 22.3 Å². The fourth-order valence-electron chi connectivity index (χ4n) is 2.72. The molecule has 1 aliphatic rings. The van der Waals surface area contributed by atoms with Crippen molar-refractivity contribution in [2.75, 3.05) is 20.2 Å². The molecule has 0 aromatic heterocycles. The second-order valence-corrected chi connectivity index (χ2v) is 6.25. The van der Waals surface area contributed by atoms with Gasteiger partial charge in [-0.1, -0.05) is 6.92 Å². The summed E-state index contributed by atoms with van der Waals surface area (Å²) in [7, 11) is 1.62. The molecule has 2 unspecified atom stereocenters. The first-order valence-electron chi connectivity index (χ1n) is 6.62. The van der Waals surface area contributed by atoms with Crippen molar-refractivity contribution in [1.29, 1.82) is 0 Å². The number of hydrogen-bond acceptors (Lipinski definition) is 3. The van der Waals surface area contributed by atoms with Crippen molar-refractivity contribution in [3.8, 4) is 5.75 Å². The quantitative estimate of drug-likeness (QED) is 0.795. The van der Waals surface area contributed by atoms with Gasteiger partial charge in [-0.05, 0) is 53.4 Å². The summed E-state index contributed by atoms with van der Waals surface area (Å²) >= 11 is 3.42. The summed E-state index contributed by atoms with van der Waals surface area (Å²) in [5, 5.41) is 0. The van der Waals surface area contributed by atoms with Crippen LogP contribution in [-0.2, 0) is 0 Å². The summed E-state index contributed by atoms with van der Waals surface area (Å²) in [6.45, 7) is 5.96. The van der Waals surface area contributed by atoms with Crippen LogP contribution in [0.1, 0.15) is 30.6 Å². The Hall–Kier alpha value is -0.870. The van der Waals surface area contributed by atoms with Gasteiger partial charge in [-0.3, -0.25) is 9.69 Å². The van der Waals surface area contributed by atoms with Crippen LogP contribution in [0.4, 0.5) is 0 Å². The van der Waals surface area contributed by atoms with Crippen LogP contribution in [0.15, 0.2) is 22.7 Å². The van der Waals surface area contributed by atoms with Gasteiger partial charge in [0.2, 0.25) is 0 Å². The topological polar surface area (TPSA) is 29.5 Å². The van der Waals surface area contributed by atoms with Crippen LogP contribution in [0.25, 0.3) is 0 Å². The molecule has 1 fully saturated rings. The maximum absolute atomic E-state index is 12.3. The fourth-order valence-corrected chi connectivity index (χ4v) is 3.26. The van der Waals surface area contributed by atoms with Crippen LogP contribution in [0.2, 0.25) is 0 Å². The lowest BCUT2D eigenvalue weighted by molar-refractivity contribution is 0.0925. The van der Waals surface area contributed by atoms with E-state index in [-0.39, 0.29) is 5.78 Å². The molecule has 3 nitrogen and oxygen atoms in total. The third-order valence-corrected chi connectivity index (χ3v) is 4.35. The van der Waals surface area contributed by atoms with Crippen LogP contribution >= 0.6 is 15.9 Å². The molecular formula is C15H20BrNO2. The highest BCUT2D eigenvalue weighted by Crippen LogP contribution is 2.27. The van der Waals surface area contributed by atoms with E-state index in [1.165, 1.54) is 6.42 Å². The number of Topliss-reactive ketones (excluding diaryl/α,β-unsaturated/α-hetero) is 1. The van der Waals surface area contributed by atoms with Crippen molar-refractivity contribution in [3.05, 3.63) is 28.2 Å². The molecule has 1 aromatic carbocycles. The summed E-state index contributed by atoms with van der Waals surface area (Å²) in [6, 6.07) is 6.00. The first-order valence-corrected chi connectivity index (χ1v) is 7.41. The molecule has 4 heteroatoms. The lowest BCUT2D eigenvalue weighted by atomic mass is 10.1. The highest BCUT2D eigenvalue weighted by Gasteiger charge is 2.27. The summed E-state index contributed by atoms with van der Waals surface area (Å²) in [4.78, 5) is 14.6. The monoisotopic (exact) mass is 325 g/mol. The van der Waals surface area contributed by atoms with Crippen LogP contribution in [-0.4, -0.2) is 36.9 Å². The molecule has 0 saturated carbocycles. The Morgan fingerprint density at radius 2 is 2.21 bits per heavy atom. The van der Waals surface area contributed by atoms with E-state index in [1.54, 1.807) is 7.11 Å². The fraction of sp³-hybridized carbons (Fsp3) is 0.533. The smallest absolute Gasteiger partial charge is 0.176 e. The maximum atomic E-state index is 12.3. The number of benzene rings is 1. The van der Waals surface area contributed by atoms with Gasteiger partial charge >= 0.3 is 0 Å². The number of ketones is 1. The average Bonchev–Trinajstić information content (AvgIpc) is 2.67. The molecule has 19 heavy (non-hydrogen) atoms. The Morgan fingerprint density at radius 3 is 2.74 bits per heavy atom. The number of hydrogen-bond donors (Lipinski definition) is 0. The highest BCUT2D eigenvalue weighted by atomic mass is 79.9. The van der Waals surface area contributed by atoms with Gasteiger partial charge in [-0.2, -0.15) is 0 Å². The van der Waals surface area contributed by atoms with Gasteiger partial charge in [0.15, 0.2) is 5.78 Å². The Labute approximate surface area is 123 Å². The zero-order valence-electron chi connectivity index (χ0n) is 11.6. The van der Waals surface area contributed by atoms with Crippen molar-refractivity contribution in [1.82, 2.24) is 4.90 Å². The molecular weight excluding hydrogens is 306 g/mol. The van der Waals surface area contributed by atoms with Crippen LogP contribution in [0, 0.1) is 5.92 Å². The predicted molar refractivity (Wildman–Crippen MR) is 79.8 cm³/mol. The molecule has 0 aliphatic carbocycles. The third-order valence-electron chi connectivity index (χ3n) is 3.73. The summed E-state index contributed by atoms with van der Waals surface area (Å²) in [5.74, 6) is 1.61. The van der Waals surface area contributed by atoms with E-state index in [1.807, 2.05) is 18.2 Å². The van der Waals surface area contributed by atoms with Crippen molar-refractivity contribution in [3.63, 3.8) is 0 Å². The van der Waals surface area contributed by atoms with Gasteiger partial charge in [0.05, 0.1) is 18.1 Å². The molecule has 0 N–H and O–H groups in total. The molecule has 1 aliphatic heterocycles. The molecule has 0 bridgehead atoms. The predicted octanol–water partition coefficient (Wildman–Crippen LogP) is 3.37. The molecule has 104 valence electrons. The number of carbonyl (C=O) groups excluding carboxylic acids is 1. The molecule has 1 heterocycles. The summed E-state index contributed by atoms with van der Waals surface area (Å²) in [5.41, 5.74) is 0.736. The molecule has 1 aromatic rings. The lowest BCUT2D eigenvalue weighted by Gasteiger charge is -2.20. The van der Waals surface area contributed by atoms with Gasteiger partial charge in [-0.15, -0.1) is 0 Å². The number of halogens is 1. The Morgan fingerprint density at radius 1 is 1.47 bits per heavy atom. The average molecular weight is 326 g/mol. The number of methoxy groups -OCH3 is 1. The Kier molecular flexibility index (Phi) is 4.63. The largest absolute Gasteiger partial charge is 0.496 e. The number of carbonyl (C=O) groups is 1. The normalized spacial score (nSPS) is 23.6. The van der Waals surface area contributed by atoms with E-state index >= 15 is 0 Å². The van der Waals surface area contributed by atoms with E-state index in [2.05, 4.69) is 34.7 Å². The van der Waals surface area contributed by atoms with Gasteiger partial charge < -0.3 is 4.74 Å². The molecule has 0 spiro atoms. The minimum Gasteiger partial charge on any atom is -0.496 e. The van der Waals surface area contributed by atoms with E-state index < -0.39 is 0 Å². The zero-order chi connectivity index (χ0) is 14.0. The highest BCUT2D eigenvalue weighted by molar-refractivity contribution is 9.10. The maximum Gasteiger partial charge on any atom is 0.176 e. The van der Waals surface area contributed by atoms with Crippen LogP contribution in [0.5, 0.6) is 5.75 Å². The van der Waals surface area contributed by atoms with Crippen molar-refractivity contribution < 1.29 is 9.53 Å². The van der Waals surface area contributed by atoms with Gasteiger partial charge in [-0.25, -0.2) is 0 Å². The van der Waals surface area contributed by atoms with Gasteiger partial charge in [0.25, 0.3) is 0 Å². The standard InChI is InChI=1S/C15H20BrNO2/c1-10-6-11(2)17(8-10)9-14(18)12-4-5-15(19-3)13(16)7-12/h4-5,7,10-11H,6,8-9H2,1-3H3. The zero-order valence-corrected chi connectivity index (χ0v) is 13.2. The number of ether oxygens (including phenoxy) is 1. The van der Waals surface area contributed by atoms with Crippen LogP contribution in [0.3, 0.4) is 0 Å². The summed E-state index contributed by atoms with van der Waals surface area (Å²) < 4.78 is 6.00. The van der Waals surface area contributed by atoms with Crippen molar-refractivity contribution in [2.24, 2.45) is 5.92 Å². The van der Waals surface area contributed by atoms with Crippen molar-refractivity contribution in [2.45, 2.75) is 26.3 Å². The minimum atomic E-state index is 0.171. The van der Waals surface area contributed by atoms with E-state index in [0.29, 0.717) is 18.5 Å². The second-order valence-electron chi connectivity index (χ2n) is 5.39. The molecule has 2 rings (SSSR count). The van der Waals surface area contributed by atoms with Gasteiger partial charge in [0, 0.05) is 18.2 Å². The summed E-state index contributed by atoms with van der Waals surface area (Å²) in [6.07, 6.45) is 1.18. The number of rotatable bonds is 4. The van der Waals surface area contributed by atoms with Crippen LogP contribution < -0.4 is 4.74 Å². The molecule has 1 saturated heterocycles. The molecule has 0 amide bonds. The second kappa shape index (κ2) is 6.06. The Bertz CT molecular complexity index is 475. The third kappa shape index (κ3) is 3.37. The van der Waals surface area contributed by atoms with Crippen molar-refractivity contribution >= 4 is 21.7 Å². The lowest BCUT2D eigenvalue weighted by Crippen LogP contribution is -2.32. The number of nitrogens with zero attached hydrogens (tertiary/aromatic N) is 1. The SMILES string of the molecule is COc1ccc(C(=O)CN2CC(C)CC2C)cc1Br. The Balaban J connectivity index is 2.06. The first-order chi connectivity index (χ1) is 9.01. The molecule has 0 radical (unpaired) electrons. The van der Waals surface area contributed by atoms with E-state index in [4.69, 9.17) is 4.74 Å². The minimum absolute atomic E-state index is 0.171. The molecule has 2 atom stereocenters. The first kappa shape index (κ1) is 14.5.